The monoisotopic (exact) mass is 802 g/mol. The summed E-state index contributed by atoms with van der Waals surface area (Å²) in [7, 11) is 0. The molecule has 0 atom stereocenters. The maximum absolute atomic E-state index is 6.22. The van der Waals surface area contributed by atoms with Crippen molar-refractivity contribution in [2.75, 3.05) is 0 Å². The van der Waals surface area contributed by atoms with Crippen molar-refractivity contribution in [3.63, 3.8) is 0 Å². The van der Waals surface area contributed by atoms with Crippen molar-refractivity contribution in [3.8, 4) is 22.5 Å². The molecule has 5 nitrogen and oxygen atoms in total. The van der Waals surface area contributed by atoms with Gasteiger partial charge in [0.15, 0.2) is 5.58 Å². The standard InChI is InChI=1S/C29H15N2O2S.C11H8N.Ir/c1-15-9-10-18-17-6-4-7-19(28(17)33-29(18)31-15)23-11-20-21-13-27-22(12-24(21)32-25(20)14-30-23)16-5-2-3-8-26(16)34-27;1-2-6-10(7-3-1)11-8-4-5-9-12-11;/h2-6,8-14H,1H3;1-6,8-9H;/q2*-1;. The van der Waals surface area contributed by atoms with E-state index in [0.29, 0.717) is 5.71 Å². The predicted octanol–water partition coefficient (Wildman–Crippen LogP) is 11.0. The van der Waals surface area contributed by atoms with Gasteiger partial charge in [-0.05, 0) is 54.7 Å². The van der Waals surface area contributed by atoms with Crippen LogP contribution in [0.1, 0.15) is 5.69 Å². The molecule has 0 spiro atoms. The van der Waals surface area contributed by atoms with Crippen LogP contribution in [0.2, 0.25) is 0 Å². The summed E-state index contributed by atoms with van der Waals surface area (Å²) in [5.41, 5.74) is 7.59. The van der Waals surface area contributed by atoms with Gasteiger partial charge in [0.05, 0.1) is 11.8 Å². The van der Waals surface area contributed by atoms with Gasteiger partial charge in [-0.25, -0.2) is 4.98 Å². The molecule has 0 aliphatic carbocycles. The summed E-state index contributed by atoms with van der Waals surface area (Å²) < 4.78 is 14.9. The number of aromatic nitrogens is 3. The number of nitrogens with zero attached hydrogens (tertiary/aromatic N) is 3. The zero-order valence-electron chi connectivity index (χ0n) is 24.9. The number of thiophene rings is 1. The van der Waals surface area contributed by atoms with E-state index in [1.807, 2.05) is 78.9 Å². The molecule has 10 rings (SSSR count). The molecule has 4 aromatic carbocycles. The van der Waals surface area contributed by atoms with E-state index in [-0.39, 0.29) is 20.1 Å². The van der Waals surface area contributed by atoms with E-state index < -0.39 is 0 Å². The number of hydrogen-bond donors (Lipinski definition) is 0. The third-order valence-electron chi connectivity index (χ3n) is 8.20. The Morgan fingerprint density at radius 2 is 1.49 bits per heavy atom. The maximum Gasteiger partial charge on any atom is 0.216 e. The Morgan fingerprint density at radius 3 is 2.36 bits per heavy atom. The topological polar surface area (TPSA) is 65.0 Å². The normalized spacial score (nSPS) is 11.3. The molecule has 0 fully saturated rings. The summed E-state index contributed by atoms with van der Waals surface area (Å²) >= 11 is 1.81. The van der Waals surface area contributed by atoms with Gasteiger partial charge in [-0.3, -0.25) is 0 Å². The van der Waals surface area contributed by atoms with Crippen LogP contribution < -0.4 is 0 Å². The number of benzene rings is 4. The Kier molecular flexibility index (Phi) is 7.38. The van der Waals surface area contributed by atoms with Crippen LogP contribution in [0.25, 0.3) is 86.7 Å². The van der Waals surface area contributed by atoms with Gasteiger partial charge in [0.2, 0.25) is 5.71 Å². The van der Waals surface area contributed by atoms with Gasteiger partial charge >= 0.3 is 0 Å². The molecular weight excluding hydrogens is 779 g/mol. The second-order valence-electron chi connectivity index (χ2n) is 11.1. The fraction of sp³-hybridized carbons (Fsp3) is 0.0250. The van der Waals surface area contributed by atoms with E-state index in [4.69, 9.17) is 13.8 Å². The number of hydrogen-bond acceptors (Lipinski definition) is 6. The van der Waals surface area contributed by atoms with Crippen LogP contribution in [-0.2, 0) is 20.1 Å². The van der Waals surface area contributed by atoms with Crippen LogP contribution >= 0.6 is 11.3 Å². The van der Waals surface area contributed by atoms with Crippen molar-refractivity contribution in [2.45, 2.75) is 6.92 Å². The van der Waals surface area contributed by atoms with Crippen LogP contribution in [0, 0.1) is 19.1 Å². The molecule has 0 bridgehead atoms. The first-order chi connectivity index (χ1) is 22.7. The van der Waals surface area contributed by atoms with Gasteiger partial charge in [-0.2, -0.15) is 0 Å². The second-order valence-corrected chi connectivity index (χ2v) is 12.2. The molecule has 0 aliphatic rings. The molecular formula is C40H23IrN3O2S-2. The van der Waals surface area contributed by atoms with E-state index >= 15 is 0 Å². The zero-order chi connectivity index (χ0) is 30.6. The van der Waals surface area contributed by atoms with E-state index in [1.54, 1.807) is 12.4 Å². The largest absolute Gasteiger partial charge is 0.486 e. The predicted molar refractivity (Wildman–Crippen MR) is 187 cm³/mol. The summed E-state index contributed by atoms with van der Waals surface area (Å²) in [6, 6.07) is 43.1. The van der Waals surface area contributed by atoms with Crippen LogP contribution in [0.3, 0.4) is 0 Å². The third kappa shape index (κ3) is 5.09. The Labute approximate surface area is 286 Å². The Balaban J connectivity index is 0.000000212. The minimum Gasteiger partial charge on any atom is -0.486 e. The molecule has 7 heteroatoms. The Hall–Kier alpha value is -5.20. The minimum atomic E-state index is 0. The molecule has 0 unspecified atom stereocenters. The van der Waals surface area contributed by atoms with Gasteiger partial charge in [0, 0.05) is 68.3 Å². The number of pyridine rings is 3. The van der Waals surface area contributed by atoms with E-state index in [1.165, 1.54) is 20.2 Å². The van der Waals surface area contributed by atoms with Gasteiger partial charge in [-0.1, -0.05) is 47.3 Å². The van der Waals surface area contributed by atoms with Crippen LogP contribution in [0.15, 0.2) is 130 Å². The molecule has 0 N–H and O–H groups in total. The number of fused-ring (bicyclic) bond motifs is 9. The van der Waals surface area contributed by atoms with Gasteiger partial charge in [0.1, 0.15) is 5.58 Å². The number of aryl methyl sites for hydroxylation is 1. The molecule has 6 aromatic heterocycles. The molecule has 6 heterocycles. The van der Waals surface area contributed by atoms with Crippen molar-refractivity contribution in [1.82, 2.24) is 15.0 Å². The molecule has 0 saturated heterocycles. The summed E-state index contributed by atoms with van der Waals surface area (Å²) in [5, 5.41) is 6.63. The molecule has 10 aromatic rings. The summed E-state index contributed by atoms with van der Waals surface area (Å²) in [6.07, 6.45) is 3.59. The van der Waals surface area contributed by atoms with Crippen molar-refractivity contribution >= 4 is 75.5 Å². The molecule has 0 aliphatic heterocycles. The Morgan fingerprint density at radius 1 is 0.617 bits per heavy atom. The maximum atomic E-state index is 6.22. The fourth-order valence-corrected chi connectivity index (χ4v) is 7.14. The fourth-order valence-electron chi connectivity index (χ4n) is 6.02. The molecule has 0 amide bonds. The zero-order valence-corrected chi connectivity index (χ0v) is 28.2. The number of furan rings is 2. The Bertz CT molecular complexity index is 2680. The smallest absolute Gasteiger partial charge is 0.216 e. The second kappa shape index (κ2) is 11.9. The first-order valence-electron chi connectivity index (χ1n) is 14.9. The average Bonchev–Trinajstić information content (AvgIpc) is 3.78. The third-order valence-corrected chi connectivity index (χ3v) is 9.33. The molecule has 227 valence electrons. The molecule has 0 saturated carbocycles. The van der Waals surface area contributed by atoms with Crippen molar-refractivity contribution in [2.24, 2.45) is 0 Å². The summed E-state index contributed by atoms with van der Waals surface area (Å²) in [6.45, 7) is 1.96. The number of rotatable bonds is 2. The van der Waals surface area contributed by atoms with Gasteiger partial charge in [0.25, 0.3) is 0 Å². The molecule has 47 heavy (non-hydrogen) atoms. The summed E-state index contributed by atoms with van der Waals surface area (Å²) in [4.78, 5) is 13.5. The molecule has 1 radical (unpaired) electrons. The van der Waals surface area contributed by atoms with Crippen molar-refractivity contribution < 1.29 is 28.9 Å². The van der Waals surface area contributed by atoms with Crippen LogP contribution in [-0.4, -0.2) is 15.0 Å². The van der Waals surface area contributed by atoms with Crippen LogP contribution in [0.5, 0.6) is 0 Å². The van der Waals surface area contributed by atoms with E-state index in [2.05, 4.69) is 70.6 Å². The SMILES string of the molecule is Cc1ccc2c(n1)oc1c(-c3cc4c(cn3)oc3cc5c(cc34)sc3ccccc35)[c-]ccc12.[Ir].[c-]1ccccc1-c1ccccn1. The van der Waals surface area contributed by atoms with Crippen molar-refractivity contribution in [3.05, 3.63) is 139 Å². The van der Waals surface area contributed by atoms with Crippen molar-refractivity contribution in [1.29, 1.82) is 0 Å². The quantitative estimate of drug-likeness (QED) is 0.163. The first kappa shape index (κ1) is 29.2. The van der Waals surface area contributed by atoms with E-state index in [0.717, 1.165) is 66.5 Å². The van der Waals surface area contributed by atoms with Gasteiger partial charge in [-0.15, -0.1) is 65.4 Å². The van der Waals surface area contributed by atoms with Crippen LogP contribution in [0.4, 0.5) is 0 Å². The first-order valence-corrected chi connectivity index (χ1v) is 15.7. The van der Waals surface area contributed by atoms with E-state index in [9.17, 15) is 0 Å². The summed E-state index contributed by atoms with van der Waals surface area (Å²) in [5.74, 6) is 0. The average molecular weight is 802 g/mol. The van der Waals surface area contributed by atoms with Gasteiger partial charge < -0.3 is 18.8 Å². The minimum absolute atomic E-state index is 0.